The van der Waals surface area contributed by atoms with Crippen LogP contribution >= 0.6 is 24.0 Å². The molecular weight excluding hydrogens is 413 g/mol. The summed E-state index contributed by atoms with van der Waals surface area (Å²) in [6.45, 7) is 11.4. The third kappa shape index (κ3) is 5.10. The van der Waals surface area contributed by atoms with E-state index in [1.807, 2.05) is 11.7 Å². The normalized spacial score (nSPS) is 16.3. The molecule has 1 aliphatic rings. The summed E-state index contributed by atoms with van der Waals surface area (Å²) in [6.07, 6.45) is 6.26. The van der Waals surface area contributed by atoms with Crippen LogP contribution in [0.4, 0.5) is 0 Å². The van der Waals surface area contributed by atoms with Gasteiger partial charge < -0.3 is 10.6 Å². The van der Waals surface area contributed by atoms with E-state index in [1.54, 1.807) is 0 Å². The molecular formula is C18H34IN5. The molecule has 1 heterocycles. The molecule has 0 aliphatic heterocycles. The smallest absolute Gasteiger partial charge is 0.191 e. The fourth-order valence-electron chi connectivity index (χ4n) is 3.37. The van der Waals surface area contributed by atoms with Crippen molar-refractivity contribution in [1.29, 1.82) is 0 Å². The van der Waals surface area contributed by atoms with Crippen molar-refractivity contribution in [1.82, 2.24) is 20.4 Å². The summed E-state index contributed by atoms with van der Waals surface area (Å²) >= 11 is 0. The minimum atomic E-state index is 0. The number of aromatic nitrogens is 2. The van der Waals surface area contributed by atoms with Gasteiger partial charge in [0.1, 0.15) is 0 Å². The number of guanidine groups is 1. The zero-order valence-electron chi connectivity index (χ0n) is 15.9. The third-order valence-electron chi connectivity index (χ3n) is 5.41. The van der Waals surface area contributed by atoms with Gasteiger partial charge in [-0.05, 0) is 57.4 Å². The molecule has 6 heteroatoms. The summed E-state index contributed by atoms with van der Waals surface area (Å²) in [4.78, 5) is 4.83. The van der Waals surface area contributed by atoms with E-state index in [4.69, 9.17) is 4.99 Å². The number of aliphatic imine (C=N–C) groups is 1. The van der Waals surface area contributed by atoms with Gasteiger partial charge in [-0.25, -0.2) is 0 Å². The first kappa shape index (κ1) is 21.3. The summed E-state index contributed by atoms with van der Waals surface area (Å²) in [5.74, 6) is 0.950. The topological polar surface area (TPSA) is 54.2 Å². The Labute approximate surface area is 164 Å². The summed E-state index contributed by atoms with van der Waals surface area (Å²) in [5.41, 5.74) is 4.21. The van der Waals surface area contributed by atoms with Crippen LogP contribution in [0.25, 0.3) is 0 Å². The van der Waals surface area contributed by atoms with Crippen LogP contribution in [0, 0.1) is 19.3 Å². The van der Waals surface area contributed by atoms with E-state index >= 15 is 0 Å². The van der Waals surface area contributed by atoms with Gasteiger partial charge in [0.2, 0.25) is 0 Å². The van der Waals surface area contributed by atoms with E-state index in [-0.39, 0.29) is 24.0 Å². The van der Waals surface area contributed by atoms with E-state index in [2.05, 4.69) is 43.4 Å². The van der Waals surface area contributed by atoms with E-state index in [0.29, 0.717) is 5.41 Å². The monoisotopic (exact) mass is 447 g/mol. The average Bonchev–Trinajstić information content (AvgIpc) is 2.72. The second-order valence-electron chi connectivity index (χ2n) is 6.85. The van der Waals surface area contributed by atoms with Crippen LogP contribution in [0.2, 0.25) is 0 Å². The van der Waals surface area contributed by atoms with Crippen LogP contribution in [-0.2, 0) is 13.5 Å². The molecule has 1 aliphatic carbocycles. The Bertz CT molecular complexity index is 540. The lowest BCUT2D eigenvalue weighted by Crippen LogP contribution is -2.40. The summed E-state index contributed by atoms with van der Waals surface area (Å²) in [6, 6.07) is 0. The van der Waals surface area contributed by atoms with E-state index in [1.165, 1.54) is 36.9 Å². The van der Waals surface area contributed by atoms with Gasteiger partial charge >= 0.3 is 0 Å². The molecule has 0 radical (unpaired) electrons. The Hall–Kier alpha value is -0.790. The number of aryl methyl sites for hydroxylation is 2. The molecule has 0 bridgehead atoms. The van der Waals surface area contributed by atoms with Gasteiger partial charge in [0, 0.05) is 32.4 Å². The zero-order chi connectivity index (χ0) is 16.9. The Morgan fingerprint density at radius 3 is 2.42 bits per heavy atom. The lowest BCUT2D eigenvalue weighted by atomic mass is 9.67. The van der Waals surface area contributed by atoms with Crippen molar-refractivity contribution in [3.8, 4) is 0 Å². The highest BCUT2D eigenvalue weighted by molar-refractivity contribution is 14.0. The first-order chi connectivity index (χ1) is 11.0. The van der Waals surface area contributed by atoms with Crippen molar-refractivity contribution in [3.05, 3.63) is 17.0 Å². The Morgan fingerprint density at radius 1 is 1.25 bits per heavy atom. The van der Waals surface area contributed by atoms with Gasteiger partial charge in [-0.15, -0.1) is 24.0 Å². The molecule has 24 heavy (non-hydrogen) atoms. The molecule has 0 unspecified atom stereocenters. The van der Waals surface area contributed by atoms with Crippen LogP contribution < -0.4 is 10.6 Å². The molecule has 2 rings (SSSR count). The van der Waals surface area contributed by atoms with E-state index in [9.17, 15) is 0 Å². The number of hydrogen-bond acceptors (Lipinski definition) is 2. The average molecular weight is 447 g/mol. The van der Waals surface area contributed by atoms with Crippen molar-refractivity contribution >= 4 is 29.9 Å². The summed E-state index contributed by atoms with van der Waals surface area (Å²) < 4.78 is 1.96. The Kier molecular flexibility index (Phi) is 8.53. The molecule has 1 aromatic heterocycles. The fraction of sp³-hybridized carbons (Fsp3) is 0.778. The molecule has 2 N–H and O–H groups in total. The predicted octanol–water partition coefficient (Wildman–Crippen LogP) is 3.33. The lowest BCUT2D eigenvalue weighted by Gasteiger charge is -2.40. The van der Waals surface area contributed by atoms with Crippen LogP contribution in [-0.4, -0.2) is 35.4 Å². The molecule has 138 valence electrons. The number of halogens is 1. The maximum Gasteiger partial charge on any atom is 0.191 e. The molecule has 1 saturated carbocycles. The molecule has 5 nitrogen and oxygen atoms in total. The predicted molar refractivity (Wildman–Crippen MR) is 112 cm³/mol. The molecule has 0 atom stereocenters. The SMILES string of the molecule is CCNC(=NCC1(CC)CCC1)NCCc1c(C)nn(C)c1C.I. The molecule has 0 aromatic carbocycles. The van der Waals surface area contributed by atoms with Crippen molar-refractivity contribution in [3.63, 3.8) is 0 Å². The molecule has 0 spiro atoms. The highest BCUT2D eigenvalue weighted by Crippen LogP contribution is 2.43. The second-order valence-corrected chi connectivity index (χ2v) is 6.85. The van der Waals surface area contributed by atoms with Gasteiger partial charge in [0.15, 0.2) is 5.96 Å². The second kappa shape index (κ2) is 9.63. The number of nitrogens with one attached hydrogen (secondary N) is 2. The van der Waals surface area contributed by atoms with Gasteiger partial charge in [-0.1, -0.05) is 13.3 Å². The molecule has 1 aromatic rings. The minimum absolute atomic E-state index is 0. The fourth-order valence-corrected chi connectivity index (χ4v) is 3.37. The van der Waals surface area contributed by atoms with Crippen LogP contribution in [0.1, 0.15) is 56.5 Å². The van der Waals surface area contributed by atoms with Crippen molar-refractivity contribution < 1.29 is 0 Å². The molecule has 0 amide bonds. The lowest BCUT2D eigenvalue weighted by molar-refractivity contribution is 0.139. The highest BCUT2D eigenvalue weighted by Gasteiger charge is 2.34. The van der Waals surface area contributed by atoms with Crippen molar-refractivity contribution in [2.45, 2.75) is 59.8 Å². The largest absolute Gasteiger partial charge is 0.357 e. The van der Waals surface area contributed by atoms with Gasteiger partial charge in [0.25, 0.3) is 0 Å². The Balaban J connectivity index is 0.00000288. The van der Waals surface area contributed by atoms with Crippen LogP contribution in [0.3, 0.4) is 0 Å². The van der Waals surface area contributed by atoms with Crippen LogP contribution in [0.5, 0.6) is 0 Å². The van der Waals surface area contributed by atoms with E-state index in [0.717, 1.165) is 37.7 Å². The quantitative estimate of drug-likeness (QED) is 0.383. The number of nitrogens with zero attached hydrogens (tertiary/aromatic N) is 3. The van der Waals surface area contributed by atoms with Crippen molar-refractivity contribution in [2.75, 3.05) is 19.6 Å². The minimum Gasteiger partial charge on any atom is -0.357 e. The van der Waals surface area contributed by atoms with Gasteiger partial charge in [-0.3, -0.25) is 9.67 Å². The van der Waals surface area contributed by atoms with Crippen LogP contribution in [0.15, 0.2) is 4.99 Å². The highest BCUT2D eigenvalue weighted by atomic mass is 127. The first-order valence-corrected chi connectivity index (χ1v) is 9.02. The standard InChI is InChI=1S/C18H33N5.HI/c1-6-18(10-8-11-18)13-21-17(19-7-2)20-12-9-16-14(3)22-23(5)15(16)4;/h6-13H2,1-5H3,(H2,19,20,21);1H. The van der Waals surface area contributed by atoms with Gasteiger partial charge in [-0.2, -0.15) is 5.10 Å². The van der Waals surface area contributed by atoms with E-state index < -0.39 is 0 Å². The molecule has 1 fully saturated rings. The molecule has 0 saturated heterocycles. The first-order valence-electron chi connectivity index (χ1n) is 9.02. The maximum atomic E-state index is 4.83. The zero-order valence-corrected chi connectivity index (χ0v) is 18.2. The summed E-state index contributed by atoms with van der Waals surface area (Å²) in [7, 11) is 2.01. The number of hydrogen-bond donors (Lipinski definition) is 2. The summed E-state index contributed by atoms with van der Waals surface area (Å²) in [5, 5.41) is 11.3. The Morgan fingerprint density at radius 2 is 1.96 bits per heavy atom. The van der Waals surface area contributed by atoms with Crippen molar-refractivity contribution in [2.24, 2.45) is 17.5 Å². The maximum absolute atomic E-state index is 4.83. The van der Waals surface area contributed by atoms with Gasteiger partial charge in [0.05, 0.1) is 5.69 Å². The number of rotatable bonds is 7. The third-order valence-corrected chi connectivity index (χ3v) is 5.41.